The number of primary amides is 1. The van der Waals surface area contributed by atoms with Gasteiger partial charge in [0.15, 0.2) is 23.8 Å². The lowest BCUT2D eigenvalue weighted by Crippen LogP contribution is -2.38. The van der Waals surface area contributed by atoms with E-state index in [2.05, 4.69) is 43.0 Å². The number of nitrogens with two attached hydrogens (primary N) is 2. The first-order chi connectivity index (χ1) is 17.9. The number of hydrazone groups is 1. The number of anilines is 1. The molecule has 1 unspecified atom stereocenters. The number of nitrogens with zero attached hydrogens (tertiary/aromatic N) is 7. The van der Waals surface area contributed by atoms with E-state index < -0.39 is 11.8 Å². The molecule has 3 aromatic rings. The molecule has 1 saturated heterocycles. The summed E-state index contributed by atoms with van der Waals surface area (Å²) in [6.45, 7) is 3.13. The molecule has 1 atom stereocenters. The number of benzene rings is 1. The zero-order valence-electron chi connectivity index (χ0n) is 20.9. The maximum atomic E-state index is 13.0. The lowest BCUT2D eigenvalue weighted by molar-refractivity contribution is -0.119. The van der Waals surface area contributed by atoms with Crippen LogP contribution in [0.3, 0.4) is 0 Å². The molecule has 4 rings (SSSR count). The fraction of sp³-hybridized carbons (Fsp3) is 0.409. The normalized spacial score (nSPS) is 15.7. The molecule has 0 radical (unpaired) electrons. The van der Waals surface area contributed by atoms with Gasteiger partial charge in [-0.15, -0.1) is 17.5 Å². The summed E-state index contributed by atoms with van der Waals surface area (Å²) >= 11 is 0. The third-order valence-corrected chi connectivity index (χ3v) is 5.91. The van der Waals surface area contributed by atoms with Gasteiger partial charge in [0.25, 0.3) is 11.8 Å². The molecular weight excluding hydrogens is 520 g/mol. The second-order valence-corrected chi connectivity index (χ2v) is 8.45. The summed E-state index contributed by atoms with van der Waals surface area (Å²) in [7, 11) is 1.46. The molecule has 1 fully saturated rings. The van der Waals surface area contributed by atoms with E-state index in [-0.39, 0.29) is 36.3 Å². The zero-order valence-corrected chi connectivity index (χ0v) is 21.7. The number of carbonyl (C=O) groups is 2. The van der Waals surface area contributed by atoms with Crippen molar-refractivity contribution in [1.29, 1.82) is 0 Å². The second-order valence-electron chi connectivity index (χ2n) is 8.45. The van der Waals surface area contributed by atoms with E-state index in [1.165, 1.54) is 18.0 Å². The third kappa shape index (κ3) is 6.54. The van der Waals surface area contributed by atoms with Gasteiger partial charge in [0.1, 0.15) is 0 Å². The fourth-order valence-electron chi connectivity index (χ4n) is 3.96. The SMILES string of the molecule is COc1cc(/C=N\NC(=O)c2nnn(-c3nonc3N)c2CN2CCCCC2C)ccc1OCC(N)=O.Cl. The highest BCUT2D eigenvalue weighted by molar-refractivity contribution is 5.94. The van der Waals surface area contributed by atoms with Crippen LogP contribution in [-0.2, 0) is 11.3 Å². The number of halogens is 1. The Bertz CT molecular complexity index is 1290. The van der Waals surface area contributed by atoms with E-state index in [0.717, 1.165) is 25.8 Å². The van der Waals surface area contributed by atoms with Crippen LogP contribution in [0.5, 0.6) is 11.5 Å². The average Bonchev–Trinajstić information content (AvgIpc) is 3.49. The average molecular weight is 549 g/mol. The van der Waals surface area contributed by atoms with Gasteiger partial charge in [-0.2, -0.15) is 9.78 Å². The predicted octanol–water partition coefficient (Wildman–Crippen LogP) is 0.665. The molecule has 1 aliphatic rings. The monoisotopic (exact) mass is 548 g/mol. The van der Waals surface area contributed by atoms with E-state index in [9.17, 15) is 9.59 Å². The molecule has 0 aliphatic carbocycles. The van der Waals surface area contributed by atoms with Crippen LogP contribution in [0.25, 0.3) is 5.82 Å². The highest BCUT2D eigenvalue weighted by Crippen LogP contribution is 2.27. The molecule has 0 spiro atoms. The van der Waals surface area contributed by atoms with E-state index in [0.29, 0.717) is 35.3 Å². The maximum absolute atomic E-state index is 13.0. The third-order valence-electron chi connectivity index (χ3n) is 5.91. The summed E-state index contributed by atoms with van der Waals surface area (Å²) < 4.78 is 16.7. The number of likely N-dealkylation sites (tertiary alicyclic amines) is 1. The number of carbonyl (C=O) groups excluding carboxylic acids is 2. The van der Waals surface area contributed by atoms with Crippen LogP contribution in [0.4, 0.5) is 5.82 Å². The molecule has 16 heteroatoms. The summed E-state index contributed by atoms with van der Waals surface area (Å²) in [6.07, 6.45) is 4.69. The number of aromatic nitrogens is 5. The summed E-state index contributed by atoms with van der Waals surface area (Å²) in [6, 6.07) is 5.23. The highest BCUT2D eigenvalue weighted by atomic mass is 35.5. The van der Waals surface area contributed by atoms with Crippen molar-refractivity contribution < 1.29 is 23.7 Å². The Morgan fingerprint density at radius 3 is 2.79 bits per heavy atom. The van der Waals surface area contributed by atoms with E-state index in [1.807, 2.05) is 0 Å². The molecule has 38 heavy (non-hydrogen) atoms. The van der Waals surface area contributed by atoms with Crippen LogP contribution in [0, 0.1) is 0 Å². The number of rotatable bonds is 10. The van der Waals surface area contributed by atoms with Crippen LogP contribution in [-0.4, -0.2) is 74.5 Å². The summed E-state index contributed by atoms with van der Waals surface area (Å²) in [5.41, 5.74) is 14.6. The second kappa shape index (κ2) is 12.8. The number of piperidine rings is 1. The minimum absolute atomic E-state index is 0. The Morgan fingerprint density at radius 1 is 1.29 bits per heavy atom. The summed E-state index contributed by atoms with van der Waals surface area (Å²) in [5.74, 6) is -0.275. The molecule has 204 valence electrons. The Morgan fingerprint density at radius 2 is 2.11 bits per heavy atom. The van der Waals surface area contributed by atoms with Crippen LogP contribution >= 0.6 is 12.4 Å². The van der Waals surface area contributed by atoms with Crippen molar-refractivity contribution in [2.24, 2.45) is 10.8 Å². The smallest absolute Gasteiger partial charge is 0.293 e. The molecule has 1 aliphatic heterocycles. The number of amides is 2. The molecule has 3 heterocycles. The molecule has 1 aromatic carbocycles. The molecule has 0 bridgehead atoms. The van der Waals surface area contributed by atoms with Gasteiger partial charge in [0, 0.05) is 12.6 Å². The highest BCUT2D eigenvalue weighted by Gasteiger charge is 2.28. The maximum Gasteiger partial charge on any atom is 0.293 e. The predicted molar refractivity (Wildman–Crippen MR) is 137 cm³/mol. The lowest BCUT2D eigenvalue weighted by atomic mass is 10.0. The van der Waals surface area contributed by atoms with Gasteiger partial charge >= 0.3 is 0 Å². The summed E-state index contributed by atoms with van der Waals surface area (Å²) in [5, 5.41) is 19.6. The quantitative estimate of drug-likeness (QED) is 0.237. The first-order valence-electron chi connectivity index (χ1n) is 11.6. The van der Waals surface area contributed by atoms with Crippen LogP contribution in [0.2, 0.25) is 0 Å². The van der Waals surface area contributed by atoms with Crippen molar-refractivity contribution in [2.45, 2.75) is 38.8 Å². The van der Waals surface area contributed by atoms with Gasteiger partial charge < -0.3 is 20.9 Å². The van der Waals surface area contributed by atoms with Crippen molar-refractivity contribution in [3.05, 3.63) is 35.2 Å². The molecule has 2 aromatic heterocycles. The Labute approximate surface area is 223 Å². The van der Waals surface area contributed by atoms with Gasteiger partial charge in [0.2, 0.25) is 11.6 Å². The largest absolute Gasteiger partial charge is 0.493 e. The molecule has 2 amide bonds. The topological polar surface area (TPSA) is 202 Å². The molecule has 0 saturated carbocycles. The van der Waals surface area contributed by atoms with Gasteiger partial charge in [-0.1, -0.05) is 11.6 Å². The minimum Gasteiger partial charge on any atom is -0.493 e. The van der Waals surface area contributed by atoms with Crippen molar-refractivity contribution in [2.75, 3.05) is 26.0 Å². The number of nitrogens with one attached hydrogen (secondary N) is 1. The van der Waals surface area contributed by atoms with Gasteiger partial charge in [-0.25, -0.2) is 10.1 Å². The van der Waals surface area contributed by atoms with E-state index in [4.69, 9.17) is 25.6 Å². The molecule has 15 nitrogen and oxygen atoms in total. The van der Waals surface area contributed by atoms with E-state index in [1.54, 1.807) is 18.2 Å². The standard InChI is InChI=1S/C22H28N10O5.ClH/c1-13-5-3-4-8-31(13)11-15-19(26-30-32(15)21-20(24)28-37-29-21)22(34)27-25-10-14-6-7-16(17(9-14)35-2)36-12-18(23)33;/h6-7,9-10,13H,3-5,8,11-12H2,1-2H3,(H2,23,33)(H2,24,28)(H,27,34);1H/b25-10-;. The number of ether oxygens (including phenoxy) is 2. The van der Waals surface area contributed by atoms with Crippen molar-refractivity contribution in [1.82, 2.24) is 35.6 Å². The minimum atomic E-state index is -0.607. The Kier molecular flexibility index (Phi) is 9.56. The fourth-order valence-corrected chi connectivity index (χ4v) is 3.96. The molecule has 5 N–H and O–H groups in total. The van der Waals surface area contributed by atoms with Gasteiger partial charge in [0.05, 0.1) is 19.0 Å². The van der Waals surface area contributed by atoms with Crippen LogP contribution < -0.4 is 26.4 Å². The van der Waals surface area contributed by atoms with Crippen LogP contribution in [0.1, 0.15) is 47.9 Å². The lowest BCUT2D eigenvalue weighted by Gasteiger charge is -2.33. The van der Waals surface area contributed by atoms with E-state index >= 15 is 0 Å². The van der Waals surface area contributed by atoms with Crippen LogP contribution in [0.15, 0.2) is 27.9 Å². The van der Waals surface area contributed by atoms with Crippen molar-refractivity contribution in [3.8, 4) is 17.3 Å². The Hall–Kier alpha value is -4.24. The van der Waals surface area contributed by atoms with Gasteiger partial charge in [-0.05, 0) is 60.4 Å². The Balaban J connectivity index is 0.00000400. The first-order valence-corrected chi connectivity index (χ1v) is 11.6. The number of hydrogen-bond donors (Lipinski definition) is 3. The van der Waals surface area contributed by atoms with Crippen molar-refractivity contribution >= 4 is 36.3 Å². The zero-order chi connectivity index (χ0) is 26.4. The number of nitrogen functional groups attached to an aromatic ring is 1. The first kappa shape index (κ1) is 28.3. The van der Waals surface area contributed by atoms with Crippen molar-refractivity contribution in [3.63, 3.8) is 0 Å². The van der Waals surface area contributed by atoms with Gasteiger partial charge in [-0.3, -0.25) is 14.5 Å². The molecular formula is C22H29ClN10O5. The summed E-state index contributed by atoms with van der Waals surface area (Å²) in [4.78, 5) is 26.2. The number of methoxy groups -OCH3 is 1. The number of hydrogen-bond acceptors (Lipinski definition) is 12.